The summed E-state index contributed by atoms with van der Waals surface area (Å²) in [6, 6.07) is 9.75. The van der Waals surface area contributed by atoms with E-state index in [1.54, 1.807) is 10.9 Å². The van der Waals surface area contributed by atoms with Gasteiger partial charge in [-0.3, -0.25) is 14.0 Å². The van der Waals surface area contributed by atoms with Crippen molar-refractivity contribution in [1.82, 2.24) is 14.3 Å². The molecule has 5 rings (SSSR count). The fourth-order valence-electron chi connectivity index (χ4n) is 3.60. The quantitative estimate of drug-likeness (QED) is 0.661. The number of hydrogen-bond donors (Lipinski definition) is 0. The molecule has 0 unspecified atom stereocenters. The van der Waals surface area contributed by atoms with Crippen LogP contribution in [0.3, 0.4) is 0 Å². The SMILES string of the molecule is Cn1nccc1C=c1sc2n(c1=O)[C@H]1C[C@@](C)(N=2)Oc2ccccc21. The zero-order valence-corrected chi connectivity index (χ0v) is 14.7. The second-order valence-electron chi connectivity index (χ2n) is 6.59. The lowest BCUT2D eigenvalue weighted by Gasteiger charge is -2.39. The molecule has 2 aromatic heterocycles. The molecular formula is C18H16N4O2S. The van der Waals surface area contributed by atoms with Gasteiger partial charge in [0.2, 0.25) is 5.72 Å². The molecule has 0 fully saturated rings. The maximum atomic E-state index is 13.1. The molecule has 0 N–H and O–H groups in total. The maximum absolute atomic E-state index is 13.1. The van der Waals surface area contributed by atoms with E-state index in [2.05, 4.69) is 5.10 Å². The van der Waals surface area contributed by atoms with Crippen molar-refractivity contribution in [3.8, 4) is 5.75 Å². The number of para-hydroxylation sites is 1. The summed E-state index contributed by atoms with van der Waals surface area (Å²) in [7, 11) is 1.86. The average Bonchev–Trinajstić information content (AvgIpc) is 3.11. The summed E-state index contributed by atoms with van der Waals surface area (Å²) in [6.07, 6.45) is 4.26. The molecule has 2 atom stereocenters. The number of thiazole rings is 1. The topological polar surface area (TPSA) is 61.4 Å². The minimum atomic E-state index is -0.625. The normalized spacial score (nSPS) is 24.2. The number of nitrogens with zero attached hydrogens (tertiary/aromatic N) is 4. The number of hydrogen-bond acceptors (Lipinski definition) is 5. The molecule has 7 heteroatoms. The second kappa shape index (κ2) is 4.92. The molecule has 2 aliphatic heterocycles. The highest BCUT2D eigenvalue weighted by Crippen LogP contribution is 2.42. The Morgan fingerprint density at radius 1 is 1.36 bits per heavy atom. The van der Waals surface area contributed by atoms with Gasteiger partial charge in [0.1, 0.15) is 5.75 Å². The van der Waals surface area contributed by atoms with Crippen molar-refractivity contribution in [2.24, 2.45) is 12.0 Å². The third-order valence-electron chi connectivity index (χ3n) is 4.80. The number of benzene rings is 1. The van der Waals surface area contributed by atoms with Crippen molar-refractivity contribution in [1.29, 1.82) is 0 Å². The van der Waals surface area contributed by atoms with Gasteiger partial charge in [0.15, 0.2) is 4.80 Å². The molecule has 0 amide bonds. The highest BCUT2D eigenvalue weighted by atomic mass is 32.1. The van der Waals surface area contributed by atoms with E-state index in [0.29, 0.717) is 15.8 Å². The summed E-state index contributed by atoms with van der Waals surface area (Å²) in [6.45, 7) is 1.98. The molecule has 0 saturated heterocycles. The van der Waals surface area contributed by atoms with Crippen molar-refractivity contribution >= 4 is 17.4 Å². The minimum Gasteiger partial charge on any atom is -0.466 e. The van der Waals surface area contributed by atoms with Gasteiger partial charge in [-0.1, -0.05) is 29.5 Å². The van der Waals surface area contributed by atoms with Crippen molar-refractivity contribution in [2.75, 3.05) is 0 Å². The van der Waals surface area contributed by atoms with Crippen LogP contribution in [-0.4, -0.2) is 20.1 Å². The molecule has 2 bridgehead atoms. The Morgan fingerprint density at radius 2 is 2.20 bits per heavy atom. The van der Waals surface area contributed by atoms with Crippen LogP contribution in [0.5, 0.6) is 5.75 Å². The van der Waals surface area contributed by atoms with E-state index >= 15 is 0 Å². The van der Waals surface area contributed by atoms with Gasteiger partial charge in [0.25, 0.3) is 5.56 Å². The van der Waals surface area contributed by atoms with Crippen LogP contribution in [0.15, 0.2) is 46.3 Å². The van der Waals surface area contributed by atoms with Gasteiger partial charge in [0, 0.05) is 25.2 Å². The Balaban J connectivity index is 1.79. The van der Waals surface area contributed by atoms with Crippen LogP contribution < -0.4 is 19.6 Å². The number of ether oxygens (including phenoxy) is 1. The van der Waals surface area contributed by atoms with E-state index in [4.69, 9.17) is 9.73 Å². The van der Waals surface area contributed by atoms with Gasteiger partial charge in [-0.05, 0) is 25.1 Å². The first-order chi connectivity index (χ1) is 12.0. The Morgan fingerprint density at radius 3 is 3.00 bits per heavy atom. The Kier molecular flexibility index (Phi) is 2.88. The summed E-state index contributed by atoms with van der Waals surface area (Å²) in [5, 5.41) is 4.16. The highest BCUT2D eigenvalue weighted by Gasteiger charge is 2.42. The van der Waals surface area contributed by atoms with Crippen LogP contribution in [0.4, 0.5) is 0 Å². The molecule has 0 saturated carbocycles. The van der Waals surface area contributed by atoms with Crippen LogP contribution in [-0.2, 0) is 7.05 Å². The molecule has 126 valence electrons. The first-order valence-electron chi connectivity index (χ1n) is 8.13. The lowest BCUT2D eigenvalue weighted by molar-refractivity contribution is 0.0410. The van der Waals surface area contributed by atoms with Crippen LogP contribution in [0, 0.1) is 0 Å². The molecular weight excluding hydrogens is 336 g/mol. The molecule has 25 heavy (non-hydrogen) atoms. The van der Waals surface area contributed by atoms with Crippen molar-refractivity contribution in [3.63, 3.8) is 0 Å². The van der Waals surface area contributed by atoms with E-state index < -0.39 is 5.72 Å². The lowest BCUT2D eigenvalue weighted by atomic mass is 9.93. The van der Waals surface area contributed by atoms with Crippen molar-refractivity contribution < 1.29 is 4.74 Å². The summed E-state index contributed by atoms with van der Waals surface area (Å²) in [5.74, 6) is 0.811. The Bertz CT molecular complexity index is 1170. The predicted molar refractivity (Wildman–Crippen MR) is 94.4 cm³/mol. The van der Waals surface area contributed by atoms with Crippen LogP contribution in [0.1, 0.15) is 30.6 Å². The Hall–Kier alpha value is -2.67. The summed E-state index contributed by atoms with van der Waals surface area (Å²) in [4.78, 5) is 18.5. The summed E-state index contributed by atoms with van der Waals surface area (Å²) >= 11 is 1.41. The van der Waals surface area contributed by atoms with Crippen LogP contribution >= 0.6 is 11.3 Å². The van der Waals surface area contributed by atoms with Crippen molar-refractivity contribution in [2.45, 2.75) is 25.1 Å². The van der Waals surface area contributed by atoms with Crippen LogP contribution in [0.2, 0.25) is 0 Å². The number of aromatic nitrogens is 3. The first kappa shape index (κ1) is 14.7. The molecule has 0 aliphatic carbocycles. The van der Waals surface area contributed by atoms with Gasteiger partial charge in [0.05, 0.1) is 16.3 Å². The van der Waals surface area contributed by atoms with Crippen LogP contribution in [0.25, 0.3) is 6.08 Å². The van der Waals surface area contributed by atoms with Gasteiger partial charge < -0.3 is 4.74 Å². The fraction of sp³-hybridized carbons (Fsp3) is 0.278. The van der Waals surface area contributed by atoms with E-state index in [-0.39, 0.29) is 11.6 Å². The Labute approximate surface area is 147 Å². The molecule has 2 aliphatic rings. The fourth-order valence-corrected chi connectivity index (χ4v) is 4.71. The average molecular weight is 352 g/mol. The monoisotopic (exact) mass is 352 g/mol. The second-order valence-corrected chi connectivity index (χ2v) is 7.60. The highest BCUT2D eigenvalue weighted by molar-refractivity contribution is 7.07. The van der Waals surface area contributed by atoms with Gasteiger partial charge in [-0.25, -0.2) is 4.99 Å². The van der Waals surface area contributed by atoms with E-state index in [0.717, 1.165) is 17.0 Å². The smallest absolute Gasteiger partial charge is 0.270 e. The molecule has 0 spiro atoms. The third-order valence-corrected chi connectivity index (χ3v) is 5.78. The number of fused-ring (bicyclic) bond motifs is 6. The third kappa shape index (κ3) is 2.12. The van der Waals surface area contributed by atoms with Gasteiger partial charge in [-0.15, -0.1) is 0 Å². The van der Waals surface area contributed by atoms with Crippen molar-refractivity contribution in [3.05, 3.63) is 67.5 Å². The molecule has 0 radical (unpaired) electrons. The summed E-state index contributed by atoms with van der Waals surface area (Å²) < 4.78 is 10.3. The van der Waals surface area contributed by atoms with E-state index in [1.165, 1.54) is 11.3 Å². The molecule has 4 heterocycles. The van der Waals surface area contributed by atoms with Gasteiger partial charge in [-0.2, -0.15) is 5.10 Å². The van der Waals surface area contributed by atoms with E-state index in [1.807, 2.05) is 54.9 Å². The lowest BCUT2D eigenvalue weighted by Crippen LogP contribution is -2.49. The first-order valence-corrected chi connectivity index (χ1v) is 8.95. The molecule has 3 aromatic rings. The largest absolute Gasteiger partial charge is 0.466 e. The molecule has 6 nitrogen and oxygen atoms in total. The van der Waals surface area contributed by atoms with Gasteiger partial charge >= 0.3 is 0 Å². The predicted octanol–water partition coefficient (Wildman–Crippen LogP) is 1.19. The van der Waals surface area contributed by atoms with E-state index in [9.17, 15) is 4.79 Å². The number of rotatable bonds is 1. The summed E-state index contributed by atoms with van der Waals surface area (Å²) in [5.41, 5.74) is 1.30. The maximum Gasteiger partial charge on any atom is 0.270 e. The minimum absolute atomic E-state index is 0.00583. The molecule has 1 aromatic carbocycles. The zero-order valence-electron chi connectivity index (χ0n) is 13.8. The standard InChI is InChI=1S/C18H16N4O2S/c1-18-10-13(12-5-3-4-6-14(12)24-18)22-16(23)15(25-17(22)20-18)9-11-7-8-19-21(11)2/h3-9,13H,10H2,1-2H3/t13-,18-/m0/s1. The number of aryl methyl sites for hydroxylation is 1. The zero-order chi connectivity index (χ0) is 17.2.